The predicted molar refractivity (Wildman–Crippen MR) is 101 cm³/mol. The molecule has 0 aromatic heterocycles. The number of halogens is 1. The number of rotatable bonds is 4. The molecule has 24 heavy (non-hydrogen) atoms. The minimum Gasteiger partial charge on any atom is -0.496 e. The van der Waals surface area contributed by atoms with Gasteiger partial charge in [-0.3, -0.25) is 0 Å². The van der Waals surface area contributed by atoms with Gasteiger partial charge in [0.15, 0.2) is 0 Å². The minimum atomic E-state index is -0.422. The van der Waals surface area contributed by atoms with Crippen molar-refractivity contribution in [1.29, 1.82) is 0 Å². The standard InChI is InChI=1S/C20H21BrO3/c1-20(2,3)16-7-5-6-8-18(16)24-19(22)12-9-14-13-15(21)10-11-17(14)23-4/h5-13H,1-4H3/b12-9+. The summed E-state index contributed by atoms with van der Waals surface area (Å²) in [5.74, 6) is 0.854. The van der Waals surface area contributed by atoms with Gasteiger partial charge in [0.25, 0.3) is 0 Å². The largest absolute Gasteiger partial charge is 0.496 e. The van der Waals surface area contributed by atoms with Crippen LogP contribution in [0.2, 0.25) is 0 Å². The summed E-state index contributed by atoms with van der Waals surface area (Å²) >= 11 is 3.41. The Balaban J connectivity index is 2.19. The van der Waals surface area contributed by atoms with E-state index in [2.05, 4.69) is 36.7 Å². The fourth-order valence-electron chi connectivity index (χ4n) is 2.31. The van der Waals surface area contributed by atoms with Crippen LogP contribution in [0.1, 0.15) is 31.9 Å². The number of para-hydroxylation sites is 1. The molecule has 0 bridgehead atoms. The summed E-state index contributed by atoms with van der Waals surface area (Å²) < 4.78 is 11.7. The van der Waals surface area contributed by atoms with E-state index >= 15 is 0 Å². The van der Waals surface area contributed by atoms with E-state index < -0.39 is 5.97 Å². The van der Waals surface area contributed by atoms with Crippen molar-refractivity contribution in [1.82, 2.24) is 0 Å². The summed E-state index contributed by atoms with van der Waals surface area (Å²) in [5.41, 5.74) is 1.69. The number of benzene rings is 2. The molecule has 3 nitrogen and oxygen atoms in total. The van der Waals surface area contributed by atoms with Crippen molar-refractivity contribution in [3.05, 3.63) is 64.1 Å². The third-order valence-electron chi connectivity index (χ3n) is 3.50. The Labute approximate surface area is 151 Å². The molecule has 0 unspecified atom stereocenters. The van der Waals surface area contributed by atoms with Gasteiger partial charge in [0, 0.05) is 21.7 Å². The van der Waals surface area contributed by atoms with Gasteiger partial charge in [-0.2, -0.15) is 0 Å². The number of esters is 1. The second-order valence-corrected chi connectivity index (χ2v) is 7.30. The fourth-order valence-corrected chi connectivity index (χ4v) is 2.69. The van der Waals surface area contributed by atoms with E-state index in [9.17, 15) is 4.79 Å². The second kappa shape index (κ2) is 7.67. The summed E-state index contributed by atoms with van der Waals surface area (Å²) in [5, 5.41) is 0. The summed E-state index contributed by atoms with van der Waals surface area (Å²) in [7, 11) is 1.60. The van der Waals surface area contributed by atoms with E-state index in [1.807, 2.05) is 42.5 Å². The van der Waals surface area contributed by atoms with Crippen LogP contribution < -0.4 is 9.47 Å². The van der Waals surface area contributed by atoms with Gasteiger partial charge in [-0.05, 0) is 35.8 Å². The molecule has 0 aliphatic heterocycles. The average Bonchev–Trinajstić information content (AvgIpc) is 2.52. The van der Waals surface area contributed by atoms with Crippen molar-refractivity contribution in [2.24, 2.45) is 0 Å². The van der Waals surface area contributed by atoms with Crippen LogP contribution in [-0.2, 0) is 10.2 Å². The van der Waals surface area contributed by atoms with E-state index in [-0.39, 0.29) is 5.41 Å². The fraction of sp³-hybridized carbons (Fsp3) is 0.250. The Morgan fingerprint density at radius 3 is 2.46 bits per heavy atom. The average molecular weight is 389 g/mol. The molecule has 4 heteroatoms. The zero-order valence-electron chi connectivity index (χ0n) is 14.3. The quantitative estimate of drug-likeness (QED) is 0.401. The van der Waals surface area contributed by atoms with Crippen LogP contribution in [0.3, 0.4) is 0 Å². The molecule has 0 aliphatic carbocycles. The van der Waals surface area contributed by atoms with E-state index in [4.69, 9.17) is 9.47 Å². The smallest absolute Gasteiger partial charge is 0.336 e. The molecule has 0 aliphatic rings. The first kappa shape index (κ1) is 18.3. The number of ether oxygens (including phenoxy) is 2. The Morgan fingerprint density at radius 1 is 1.08 bits per heavy atom. The van der Waals surface area contributed by atoms with Crippen LogP contribution in [-0.4, -0.2) is 13.1 Å². The SMILES string of the molecule is COc1ccc(Br)cc1/C=C/C(=O)Oc1ccccc1C(C)(C)C. The summed E-state index contributed by atoms with van der Waals surface area (Å²) in [4.78, 5) is 12.2. The van der Waals surface area contributed by atoms with Gasteiger partial charge in [-0.1, -0.05) is 54.9 Å². The molecule has 0 saturated carbocycles. The van der Waals surface area contributed by atoms with Crippen molar-refractivity contribution in [2.75, 3.05) is 7.11 Å². The van der Waals surface area contributed by atoms with Gasteiger partial charge in [0.1, 0.15) is 11.5 Å². The molecule has 2 rings (SSSR count). The van der Waals surface area contributed by atoms with Crippen LogP contribution in [0.15, 0.2) is 53.0 Å². The molecule has 126 valence electrons. The van der Waals surface area contributed by atoms with Crippen molar-refractivity contribution in [3.63, 3.8) is 0 Å². The van der Waals surface area contributed by atoms with Crippen molar-refractivity contribution in [3.8, 4) is 11.5 Å². The molecule has 0 N–H and O–H groups in total. The molecule has 0 fully saturated rings. The summed E-state index contributed by atoms with van der Waals surface area (Å²) in [6.07, 6.45) is 3.09. The highest BCUT2D eigenvalue weighted by Crippen LogP contribution is 2.31. The number of methoxy groups -OCH3 is 1. The first-order valence-corrected chi connectivity index (χ1v) is 8.43. The lowest BCUT2D eigenvalue weighted by atomic mass is 9.86. The lowest BCUT2D eigenvalue weighted by molar-refractivity contribution is -0.128. The minimum absolute atomic E-state index is 0.103. The molecular weight excluding hydrogens is 368 g/mol. The number of carbonyl (C=O) groups excluding carboxylic acids is 1. The van der Waals surface area contributed by atoms with Crippen LogP contribution in [0, 0.1) is 0 Å². The maximum Gasteiger partial charge on any atom is 0.336 e. The van der Waals surface area contributed by atoms with Crippen LogP contribution in [0.5, 0.6) is 11.5 Å². The molecule has 0 atom stereocenters. The van der Waals surface area contributed by atoms with Crippen LogP contribution in [0.25, 0.3) is 6.08 Å². The highest BCUT2D eigenvalue weighted by Gasteiger charge is 2.19. The van der Waals surface area contributed by atoms with Crippen LogP contribution >= 0.6 is 15.9 Å². The highest BCUT2D eigenvalue weighted by molar-refractivity contribution is 9.10. The Bertz CT molecular complexity index is 758. The maximum absolute atomic E-state index is 12.2. The zero-order chi connectivity index (χ0) is 17.7. The lowest BCUT2D eigenvalue weighted by Crippen LogP contribution is -2.15. The number of carbonyl (C=O) groups is 1. The van der Waals surface area contributed by atoms with Gasteiger partial charge in [-0.25, -0.2) is 4.79 Å². The lowest BCUT2D eigenvalue weighted by Gasteiger charge is -2.21. The summed E-state index contributed by atoms with van der Waals surface area (Å²) in [6.45, 7) is 6.26. The Hall–Kier alpha value is -2.07. The first-order chi connectivity index (χ1) is 11.3. The molecule has 0 saturated heterocycles. The van der Waals surface area contributed by atoms with Crippen molar-refractivity contribution in [2.45, 2.75) is 26.2 Å². The van der Waals surface area contributed by atoms with Gasteiger partial charge >= 0.3 is 5.97 Å². The van der Waals surface area contributed by atoms with Crippen molar-refractivity contribution >= 4 is 28.0 Å². The van der Waals surface area contributed by atoms with E-state index in [1.165, 1.54) is 6.08 Å². The van der Waals surface area contributed by atoms with E-state index in [0.29, 0.717) is 11.5 Å². The van der Waals surface area contributed by atoms with Gasteiger partial charge in [0.2, 0.25) is 0 Å². The third-order valence-corrected chi connectivity index (χ3v) is 3.99. The molecule has 0 radical (unpaired) electrons. The second-order valence-electron chi connectivity index (χ2n) is 6.39. The molecule has 0 heterocycles. The highest BCUT2D eigenvalue weighted by atomic mass is 79.9. The van der Waals surface area contributed by atoms with Gasteiger partial charge in [-0.15, -0.1) is 0 Å². The topological polar surface area (TPSA) is 35.5 Å². The molecule has 2 aromatic carbocycles. The van der Waals surface area contributed by atoms with Crippen molar-refractivity contribution < 1.29 is 14.3 Å². The van der Waals surface area contributed by atoms with Gasteiger partial charge in [0.05, 0.1) is 7.11 Å². The normalized spacial score (nSPS) is 11.5. The van der Waals surface area contributed by atoms with E-state index in [1.54, 1.807) is 13.2 Å². The number of hydrogen-bond donors (Lipinski definition) is 0. The van der Waals surface area contributed by atoms with Gasteiger partial charge < -0.3 is 9.47 Å². The van der Waals surface area contributed by atoms with Crippen LogP contribution in [0.4, 0.5) is 0 Å². The maximum atomic E-state index is 12.2. The predicted octanol–water partition coefficient (Wildman–Crippen LogP) is 5.37. The Kier molecular flexibility index (Phi) is 5.84. The first-order valence-electron chi connectivity index (χ1n) is 7.64. The summed E-state index contributed by atoms with van der Waals surface area (Å²) in [6, 6.07) is 13.2. The molecule has 0 spiro atoms. The monoisotopic (exact) mass is 388 g/mol. The third kappa shape index (κ3) is 4.71. The van der Waals surface area contributed by atoms with E-state index in [0.717, 1.165) is 15.6 Å². The Morgan fingerprint density at radius 2 is 1.79 bits per heavy atom. The molecule has 0 amide bonds. The molecule has 2 aromatic rings. The number of hydrogen-bond acceptors (Lipinski definition) is 3. The molecular formula is C20H21BrO3. The zero-order valence-corrected chi connectivity index (χ0v) is 15.9.